The van der Waals surface area contributed by atoms with Crippen molar-refractivity contribution in [1.82, 2.24) is 5.06 Å². The molecule has 1 rings (SSSR count). The van der Waals surface area contributed by atoms with Crippen LogP contribution in [0.25, 0.3) is 0 Å². The lowest BCUT2D eigenvalue weighted by atomic mass is 10.0. The predicted octanol–water partition coefficient (Wildman–Crippen LogP) is 3.34. The third-order valence-electron chi connectivity index (χ3n) is 3.53. The molecule has 5 nitrogen and oxygen atoms in total. The highest BCUT2D eigenvalue weighted by Gasteiger charge is 2.22. The fourth-order valence-corrected chi connectivity index (χ4v) is 2.26. The lowest BCUT2D eigenvalue weighted by Crippen LogP contribution is -2.33. The van der Waals surface area contributed by atoms with E-state index < -0.39 is 0 Å². The smallest absolute Gasteiger partial charge is 0.310 e. The van der Waals surface area contributed by atoms with Crippen LogP contribution in [0.2, 0.25) is 0 Å². The first-order valence-electron chi connectivity index (χ1n) is 8.26. The molecule has 1 aromatic rings. The van der Waals surface area contributed by atoms with Gasteiger partial charge in [0.2, 0.25) is 6.41 Å². The van der Waals surface area contributed by atoms with Gasteiger partial charge in [0.15, 0.2) is 0 Å². The molecule has 0 aliphatic heterocycles. The Balaban J connectivity index is 2.54. The Kier molecular flexibility index (Phi) is 9.71. The van der Waals surface area contributed by atoms with Crippen LogP contribution in [0.1, 0.15) is 45.1 Å². The predicted molar refractivity (Wildman–Crippen MR) is 88.3 cm³/mol. The van der Waals surface area contributed by atoms with Crippen LogP contribution in [0.5, 0.6) is 0 Å². The summed E-state index contributed by atoms with van der Waals surface area (Å²) in [5.74, 6) is -0.610. The van der Waals surface area contributed by atoms with Crippen molar-refractivity contribution in [2.75, 3.05) is 13.2 Å². The summed E-state index contributed by atoms with van der Waals surface area (Å²) >= 11 is 0. The van der Waals surface area contributed by atoms with Gasteiger partial charge in [-0.05, 0) is 18.9 Å². The third kappa shape index (κ3) is 7.79. The molecular formula is C18H27NO4. The van der Waals surface area contributed by atoms with Crippen molar-refractivity contribution in [3.8, 4) is 0 Å². The molecule has 0 heterocycles. The van der Waals surface area contributed by atoms with Crippen molar-refractivity contribution in [3.05, 3.63) is 35.9 Å². The molecule has 1 atom stereocenters. The molecule has 0 bridgehead atoms. The van der Waals surface area contributed by atoms with E-state index in [4.69, 9.17) is 9.57 Å². The first kappa shape index (κ1) is 19.2. The number of unbranched alkanes of at least 4 members (excludes halogenated alkanes) is 2. The highest BCUT2D eigenvalue weighted by Crippen LogP contribution is 2.14. The van der Waals surface area contributed by atoms with Crippen LogP contribution in [0.4, 0.5) is 0 Å². The Bertz CT molecular complexity index is 450. The van der Waals surface area contributed by atoms with E-state index in [1.807, 2.05) is 30.3 Å². The Morgan fingerprint density at radius 3 is 2.57 bits per heavy atom. The first-order chi connectivity index (χ1) is 11.2. The largest absolute Gasteiger partial charge is 0.466 e. The molecule has 0 aliphatic rings. The molecule has 0 fully saturated rings. The normalized spacial score (nSPS) is 11.7. The topological polar surface area (TPSA) is 55.8 Å². The van der Waals surface area contributed by atoms with Crippen LogP contribution in [-0.4, -0.2) is 30.6 Å². The number of hydroxylamine groups is 2. The number of amides is 1. The minimum Gasteiger partial charge on any atom is -0.466 e. The van der Waals surface area contributed by atoms with E-state index in [1.54, 1.807) is 6.92 Å². The molecule has 0 radical (unpaired) electrons. The van der Waals surface area contributed by atoms with Crippen molar-refractivity contribution in [1.29, 1.82) is 0 Å². The van der Waals surface area contributed by atoms with Gasteiger partial charge >= 0.3 is 5.97 Å². The van der Waals surface area contributed by atoms with Crippen LogP contribution >= 0.6 is 0 Å². The molecule has 0 spiro atoms. The van der Waals surface area contributed by atoms with Gasteiger partial charge in [-0.1, -0.05) is 56.5 Å². The number of rotatable bonds is 12. The van der Waals surface area contributed by atoms with Crippen LogP contribution in [0, 0.1) is 5.92 Å². The average Bonchev–Trinajstić information content (AvgIpc) is 2.58. The van der Waals surface area contributed by atoms with E-state index in [1.165, 1.54) is 5.06 Å². The molecule has 1 aromatic carbocycles. The summed E-state index contributed by atoms with van der Waals surface area (Å²) in [6.45, 7) is 4.75. The van der Waals surface area contributed by atoms with E-state index in [2.05, 4.69) is 6.92 Å². The van der Waals surface area contributed by atoms with E-state index in [9.17, 15) is 9.59 Å². The lowest BCUT2D eigenvalue weighted by Gasteiger charge is -2.22. The van der Waals surface area contributed by atoms with Gasteiger partial charge in [0.05, 0.1) is 19.1 Å². The van der Waals surface area contributed by atoms with Gasteiger partial charge in [-0.2, -0.15) is 0 Å². The van der Waals surface area contributed by atoms with Gasteiger partial charge in [0.25, 0.3) is 0 Å². The van der Waals surface area contributed by atoms with Crippen LogP contribution in [0.15, 0.2) is 30.3 Å². The van der Waals surface area contributed by atoms with E-state index in [0.29, 0.717) is 26.0 Å². The van der Waals surface area contributed by atoms with Gasteiger partial charge in [-0.15, -0.1) is 0 Å². The van der Waals surface area contributed by atoms with Gasteiger partial charge in [0, 0.05) is 0 Å². The molecule has 1 unspecified atom stereocenters. The van der Waals surface area contributed by atoms with Gasteiger partial charge < -0.3 is 4.74 Å². The molecule has 0 aromatic heterocycles. The van der Waals surface area contributed by atoms with Gasteiger partial charge in [0.1, 0.15) is 6.61 Å². The summed E-state index contributed by atoms with van der Waals surface area (Å²) in [6.07, 6.45) is 4.39. The quantitative estimate of drug-likeness (QED) is 0.256. The number of carbonyl (C=O) groups is 2. The summed E-state index contributed by atoms with van der Waals surface area (Å²) in [4.78, 5) is 28.8. The fourth-order valence-electron chi connectivity index (χ4n) is 2.26. The number of carbonyl (C=O) groups excluding carboxylic acids is 2. The summed E-state index contributed by atoms with van der Waals surface area (Å²) in [5.41, 5.74) is 0.970. The molecule has 0 saturated carbocycles. The van der Waals surface area contributed by atoms with E-state index in [0.717, 1.165) is 24.8 Å². The lowest BCUT2D eigenvalue weighted by molar-refractivity contribution is -0.185. The molecular weight excluding hydrogens is 294 g/mol. The van der Waals surface area contributed by atoms with Crippen LogP contribution < -0.4 is 0 Å². The Morgan fingerprint density at radius 2 is 1.96 bits per heavy atom. The van der Waals surface area contributed by atoms with Gasteiger partial charge in [-0.3, -0.25) is 14.4 Å². The van der Waals surface area contributed by atoms with Crippen molar-refractivity contribution < 1.29 is 19.2 Å². The van der Waals surface area contributed by atoms with E-state index in [-0.39, 0.29) is 18.4 Å². The molecule has 1 amide bonds. The zero-order valence-electron chi connectivity index (χ0n) is 14.1. The zero-order chi connectivity index (χ0) is 16.9. The highest BCUT2D eigenvalue weighted by atomic mass is 16.7. The molecule has 0 N–H and O–H groups in total. The number of hydrogen-bond donors (Lipinski definition) is 0. The standard InChI is InChI=1S/C18H27NO4/c1-3-5-7-12-17(18(21)22-4-2)13-19(15-20)23-14-16-10-8-6-9-11-16/h6,8-11,15,17H,3-5,7,12-14H2,1-2H3. The SMILES string of the molecule is CCCCCC(CN(C=O)OCc1ccccc1)C(=O)OCC. The first-order valence-corrected chi connectivity index (χ1v) is 8.26. The van der Waals surface area contributed by atoms with Crippen LogP contribution in [0.3, 0.4) is 0 Å². The number of ether oxygens (including phenoxy) is 1. The van der Waals surface area contributed by atoms with Crippen molar-refractivity contribution >= 4 is 12.4 Å². The minimum atomic E-state index is -0.345. The fraction of sp³-hybridized carbons (Fsp3) is 0.556. The Labute approximate surface area is 138 Å². The third-order valence-corrected chi connectivity index (χ3v) is 3.53. The van der Waals surface area contributed by atoms with E-state index >= 15 is 0 Å². The monoisotopic (exact) mass is 321 g/mol. The Morgan fingerprint density at radius 1 is 1.22 bits per heavy atom. The maximum absolute atomic E-state index is 12.0. The van der Waals surface area contributed by atoms with Crippen molar-refractivity contribution in [3.63, 3.8) is 0 Å². The second kappa shape index (κ2) is 11.7. The number of hydrogen-bond acceptors (Lipinski definition) is 4. The molecule has 23 heavy (non-hydrogen) atoms. The summed E-state index contributed by atoms with van der Waals surface area (Å²) in [5, 5.41) is 1.19. The highest BCUT2D eigenvalue weighted by molar-refractivity contribution is 5.73. The second-order valence-electron chi connectivity index (χ2n) is 5.41. The summed E-state index contributed by atoms with van der Waals surface area (Å²) < 4.78 is 5.11. The molecule has 0 saturated heterocycles. The maximum Gasteiger partial charge on any atom is 0.310 e. The number of nitrogens with zero attached hydrogens (tertiary/aromatic N) is 1. The molecule has 5 heteroatoms. The van der Waals surface area contributed by atoms with Crippen LogP contribution in [-0.2, 0) is 25.8 Å². The summed E-state index contributed by atoms with van der Waals surface area (Å²) in [6, 6.07) is 9.60. The molecule has 0 aliphatic carbocycles. The number of esters is 1. The summed E-state index contributed by atoms with van der Waals surface area (Å²) in [7, 11) is 0. The van der Waals surface area contributed by atoms with Crippen molar-refractivity contribution in [2.45, 2.75) is 46.1 Å². The van der Waals surface area contributed by atoms with Crippen molar-refractivity contribution in [2.24, 2.45) is 5.92 Å². The number of benzene rings is 1. The zero-order valence-corrected chi connectivity index (χ0v) is 14.1. The maximum atomic E-state index is 12.0. The van der Waals surface area contributed by atoms with Gasteiger partial charge in [-0.25, -0.2) is 5.06 Å². The molecule has 128 valence electrons. The second-order valence-corrected chi connectivity index (χ2v) is 5.41. The minimum absolute atomic E-state index is 0.221. The average molecular weight is 321 g/mol. The Hall–Kier alpha value is -1.88.